The number of nitrogens with zero attached hydrogens (tertiary/aromatic N) is 1. The summed E-state index contributed by atoms with van der Waals surface area (Å²) in [6.45, 7) is 2.54. The second-order valence-corrected chi connectivity index (χ2v) is 4.95. The van der Waals surface area contributed by atoms with Crippen LogP contribution in [0.15, 0.2) is 18.2 Å². The zero-order valence-corrected chi connectivity index (χ0v) is 11.6. The van der Waals surface area contributed by atoms with Crippen molar-refractivity contribution < 1.29 is 23.8 Å². The smallest absolute Gasteiger partial charge is 0.322 e. The van der Waals surface area contributed by atoms with Gasteiger partial charge in [-0.3, -0.25) is 4.79 Å². The Labute approximate surface area is 121 Å². The summed E-state index contributed by atoms with van der Waals surface area (Å²) in [5, 5.41) is 11.2. The lowest BCUT2D eigenvalue weighted by Crippen LogP contribution is -2.48. The number of morpholine rings is 1. The summed E-state index contributed by atoms with van der Waals surface area (Å²) in [5.74, 6) is -1.48. The predicted molar refractivity (Wildman–Crippen MR) is 73.7 cm³/mol. The van der Waals surface area contributed by atoms with E-state index in [1.165, 1.54) is 17.0 Å². The first-order chi connectivity index (χ1) is 9.95. The van der Waals surface area contributed by atoms with Crippen LogP contribution >= 0.6 is 0 Å². The summed E-state index contributed by atoms with van der Waals surface area (Å²) < 4.78 is 19.0. The van der Waals surface area contributed by atoms with E-state index in [0.717, 1.165) is 5.56 Å². The third-order valence-electron chi connectivity index (χ3n) is 3.19. The number of carbonyl (C=O) groups is 2. The summed E-state index contributed by atoms with van der Waals surface area (Å²) >= 11 is 0. The minimum Gasteiger partial charge on any atom is -0.481 e. The van der Waals surface area contributed by atoms with Crippen LogP contribution in [0.4, 0.5) is 14.9 Å². The van der Waals surface area contributed by atoms with Crippen molar-refractivity contribution in [3.8, 4) is 0 Å². The molecule has 1 aliphatic heterocycles. The number of urea groups is 1. The number of rotatable bonds is 3. The van der Waals surface area contributed by atoms with Crippen LogP contribution in [0.2, 0.25) is 0 Å². The lowest BCUT2D eigenvalue weighted by atomic mass is 10.2. The fourth-order valence-corrected chi connectivity index (χ4v) is 2.14. The topological polar surface area (TPSA) is 78.9 Å². The highest BCUT2D eigenvalue weighted by Gasteiger charge is 2.26. The molecule has 1 atom stereocenters. The third-order valence-corrected chi connectivity index (χ3v) is 3.19. The summed E-state index contributed by atoms with van der Waals surface area (Å²) in [6, 6.07) is 4.07. The van der Waals surface area contributed by atoms with Gasteiger partial charge in [-0.2, -0.15) is 0 Å². The second-order valence-electron chi connectivity index (χ2n) is 4.95. The molecule has 2 rings (SSSR count). The molecule has 1 saturated heterocycles. The van der Waals surface area contributed by atoms with E-state index in [0.29, 0.717) is 6.54 Å². The van der Waals surface area contributed by atoms with Crippen molar-refractivity contribution in [2.75, 3.05) is 25.0 Å². The number of nitrogens with one attached hydrogen (secondary N) is 1. The van der Waals surface area contributed by atoms with Crippen LogP contribution in [0.25, 0.3) is 0 Å². The van der Waals surface area contributed by atoms with Gasteiger partial charge in [0.25, 0.3) is 0 Å². The molecule has 0 aliphatic carbocycles. The fraction of sp³-hybridized carbons (Fsp3) is 0.429. The molecule has 2 amide bonds. The summed E-state index contributed by atoms with van der Waals surface area (Å²) in [7, 11) is 0. The molecule has 1 unspecified atom stereocenters. The molecule has 1 aliphatic rings. The summed E-state index contributed by atoms with van der Waals surface area (Å²) in [6.07, 6.45) is -0.701. The first-order valence-corrected chi connectivity index (χ1v) is 6.61. The van der Waals surface area contributed by atoms with Gasteiger partial charge in [0.05, 0.1) is 24.8 Å². The number of aryl methyl sites for hydroxylation is 1. The SMILES string of the molecule is Cc1ccc(NC(=O)N2CCOC(CC(=O)O)C2)c(F)c1. The molecule has 1 aromatic carbocycles. The van der Waals surface area contributed by atoms with E-state index in [9.17, 15) is 14.0 Å². The average molecular weight is 296 g/mol. The number of benzene rings is 1. The van der Waals surface area contributed by atoms with Crippen LogP contribution in [-0.2, 0) is 9.53 Å². The Bertz CT molecular complexity index is 550. The largest absolute Gasteiger partial charge is 0.481 e. The standard InChI is InChI=1S/C14H17FN2O4/c1-9-2-3-12(11(15)6-9)16-14(20)17-4-5-21-10(8-17)7-13(18)19/h2-3,6,10H,4-5,7-8H2,1H3,(H,16,20)(H,18,19). The number of aliphatic carboxylic acids is 1. The molecular weight excluding hydrogens is 279 g/mol. The molecule has 21 heavy (non-hydrogen) atoms. The van der Waals surface area contributed by atoms with E-state index in [-0.39, 0.29) is 25.3 Å². The van der Waals surface area contributed by atoms with Gasteiger partial charge in [-0.25, -0.2) is 9.18 Å². The normalized spacial score (nSPS) is 18.4. The minimum atomic E-state index is -0.980. The van der Waals surface area contributed by atoms with Crippen LogP contribution in [-0.4, -0.2) is 47.8 Å². The third kappa shape index (κ3) is 4.16. The summed E-state index contributed by atoms with van der Waals surface area (Å²) in [5.41, 5.74) is 0.866. The molecule has 6 nitrogen and oxygen atoms in total. The molecule has 0 aromatic heterocycles. The van der Waals surface area contributed by atoms with Crippen molar-refractivity contribution in [3.63, 3.8) is 0 Å². The Morgan fingerprint density at radius 1 is 1.52 bits per heavy atom. The highest BCUT2D eigenvalue weighted by atomic mass is 19.1. The van der Waals surface area contributed by atoms with E-state index in [2.05, 4.69) is 5.32 Å². The number of halogens is 1. The Balaban J connectivity index is 1.97. The first-order valence-electron chi connectivity index (χ1n) is 6.61. The van der Waals surface area contributed by atoms with E-state index in [4.69, 9.17) is 9.84 Å². The van der Waals surface area contributed by atoms with Crippen LogP contribution in [0.3, 0.4) is 0 Å². The van der Waals surface area contributed by atoms with Gasteiger partial charge in [0.15, 0.2) is 0 Å². The van der Waals surface area contributed by atoms with E-state index in [1.807, 2.05) is 0 Å². The average Bonchev–Trinajstić information content (AvgIpc) is 2.41. The highest BCUT2D eigenvalue weighted by Crippen LogP contribution is 2.17. The molecule has 1 fully saturated rings. The maximum atomic E-state index is 13.7. The molecule has 1 aromatic rings. The van der Waals surface area contributed by atoms with Crippen LogP contribution in [0.5, 0.6) is 0 Å². The molecular formula is C14H17FN2O4. The molecule has 0 saturated carbocycles. The van der Waals surface area contributed by atoms with Gasteiger partial charge in [-0.05, 0) is 24.6 Å². The Morgan fingerprint density at radius 3 is 2.95 bits per heavy atom. The lowest BCUT2D eigenvalue weighted by molar-refractivity contribution is -0.141. The lowest BCUT2D eigenvalue weighted by Gasteiger charge is -2.32. The van der Waals surface area contributed by atoms with Gasteiger partial charge >= 0.3 is 12.0 Å². The van der Waals surface area contributed by atoms with Gasteiger partial charge in [0, 0.05) is 13.1 Å². The monoisotopic (exact) mass is 296 g/mol. The van der Waals surface area contributed by atoms with Crippen molar-refractivity contribution in [1.82, 2.24) is 4.90 Å². The number of hydrogen-bond donors (Lipinski definition) is 2. The number of carboxylic acids is 1. The van der Waals surface area contributed by atoms with Gasteiger partial charge in [0.1, 0.15) is 5.82 Å². The number of anilines is 1. The van der Waals surface area contributed by atoms with Gasteiger partial charge in [-0.1, -0.05) is 6.07 Å². The molecule has 0 bridgehead atoms. The number of ether oxygens (including phenoxy) is 1. The van der Waals surface area contributed by atoms with Crippen molar-refractivity contribution in [3.05, 3.63) is 29.6 Å². The van der Waals surface area contributed by atoms with E-state index in [1.54, 1.807) is 13.0 Å². The van der Waals surface area contributed by atoms with E-state index < -0.39 is 23.9 Å². The van der Waals surface area contributed by atoms with Crippen molar-refractivity contribution in [2.24, 2.45) is 0 Å². The number of carboxylic acid groups (broad SMARTS) is 1. The summed E-state index contributed by atoms with van der Waals surface area (Å²) in [4.78, 5) is 24.2. The minimum absolute atomic E-state index is 0.104. The van der Waals surface area contributed by atoms with Gasteiger partial charge in [-0.15, -0.1) is 0 Å². The number of amides is 2. The Morgan fingerprint density at radius 2 is 2.29 bits per heavy atom. The molecule has 1 heterocycles. The molecule has 2 N–H and O–H groups in total. The molecule has 114 valence electrons. The van der Waals surface area contributed by atoms with E-state index >= 15 is 0 Å². The number of carbonyl (C=O) groups excluding carboxylic acids is 1. The molecule has 0 radical (unpaired) electrons. The van der Waals surface area contributed by atoms with Crippen molar-refractivity contribution >= 4 is 17.7 Å². The fourth-order valence-electron chi connectivity index (χ4n) is 2.14. The maximum Gasteiger partial charge on any atom is 0.322 e. The zero-order chi connectivity index (χ0) is 15.4. The van der Waals surface area contributed by atoms with Crippen molar-refractivity contribution in [1.29, 1.82) is 0 Å². The van der Waals surface area contributed by atoms with Crippen LogP contribution in [0.1, 0.15) is 12.0 Å². The predicted octanol–water partition coefficient (Wildman–Crippen LogP) is 1.84. The quantitative estimate of drug-likeness (QED) is 0.892. The van der Waals surface area contributed by atoms with Crippen LogP contribution < -0.4 is 5.32 Å². The van der Waals surface area contributed by atoms with Gasteiger partial charge in [0.2, 0.25) is 0 Å². The highest BCUT2D eigenvalue weighted by molar-refractivity contribution is 5.89. The van der Waals surface area contributed by atoms with Crippen LogP contribution in [0, 0.1) is 12.7 Å². The Kier molecular flexibility index (Phi) is 4.74. The number of hydrogen-bond acceptors (Lipinski definition) is 3. The maximum absolute atomic E-state index is 13.7. The van der Waals surface area contributed by atoms with Crippen molar-refractivity contribution in [2.45, 2.75) is 19.4 Å². The Hall–Kier alpha value is -2.15. The molecule has 7 heteroatoms. The van der Waals surface area contributed by atoms with Gasteiger partial charge < -0.3 is 20.1 Å². The zero-order valence-electron chi connectivity index (χ0n) is 11.6. The first kappa shape index (κ1) is 15.2. The molecule has 0 spiro atoms. The second kappa shape index (κ2) is 6.53.